The summed E-state index contributed by atoms with van der Waals surface area (Å²) in [6, 6.07) is 3.55. The van der Waals surface area contributed by atoms with E-state index in [9.17, 15) is 4.79 Å². The van der Waals surface area contributed by atoms with E-state index in [0.717, 1.165) is 16.9 Å². The van der Waals surface area contributed by atoms with Crippen molar-refractivity contribution in [3.63, 3.8) is 0 Å². The highest BCUT2D eigenvalue weighted by Crippen LogP contribution is 2.30. The van der Waals surface area contributed by atoms with Crippen LogP contribution in [0.2, 0.25) is 5.02 Å². The Kier molecular flexibility index (Phi) is 3.02. The van der Waals surface area contributed by atoms with Crippen molar-refractivity contribution in [3.8, 4) is 5.75 Å². The number of fused-ring (bicyclic) bond motifs is 1. The second-order valence-electron chi connectivity index (χ2n) is 3.07. The van der Waals surface area contributed by atoms with Crippen molar-refractivity contribution in [1.82, 2.24) is 0 Å². The summed E-state index contributed by atoms with van der Waals surface area (Å²) in [4.78, 5) is 13.5. The normalized spacial score (nSPS) is 13.7. The van der Waals surface area contributed by atoms with Crippen molar-refractivity contribution in [3.05, 3.63) is 28.3 Å². The molecule has 78 valence electrons. The molecule has 15 heavy (non-hydrogen) atoms. The van der Waals surface area contributed by atoms with Crippen LogP contribution < -0.4 is 4.74 Å². The molecule has 5 heteroatoms. The van der Waals surface area contributed by atoms with Gasteiger partial charge < -0.3 is 9.47 Å². The molecule has 0 aliphatic carbocycles. The topological polar surface area (TPSA) is 47.9 Å². The number of nitrogens with zero attached hydrogens (tertiary/aromatic N) is 1. The maximum Gasteiger partial charge on any atom is 0.235 e. The number of rotatable bonds is 2. The highest BCUT2D eigenvalue weighted by molar-refractivity contribution is 6.31. The number of carbonyl (C=O) groups excluding carboxylic acids is 1. The Bertz CT molecular complexity index is 427. The van der Waals surface area contributed by atoms with Gasteiger partial charge in [0.25, 0.3) is 0 Å². The smallest absolute Gasteiger partial charge is 0.235 e. The number of hydrogen-bond donors (Lipinski definition) is 0. The summed E-state index contributed by atoms with van der Waals surface area (Å²) in [6.45, 7) is 0.955. The molecule has 0 fully saturated rings. The summed E-state index contributed by atoms with van der Waals surface area (Å²) in [6.07, 6.45) is 1.47. The Labute approximate surface area is 91.5 Å². The minimum atomic E-state index is 0.222. The summed E-state index contributed by atoms with van der Waals surface area (Å²) in [5.41, 5.74) is 1.66. The molecule has 1 aliphatic rings. The van der Waals surface area contributed by atoms with Crippen molar-refractivity contribution in [1.29, 1.82) is 0 Å². The molecule has 1 aromatic rings. The highest BCUT2D eigenvalue weighted by Gasteiger charge is 2.13. The van der Waals surface area contributed by atoms with Crippen LogP contribution in [0, 0.1) is 0 Å². The molecule has 1 aromatic carbocycles. The minimum absolute atomic E-state index is 0.222. The molecule has 2 rings (SSSR count). The third kappa shape index (κ3) is 2.18. The SMILES string of the molecule is O=C=NCc1cc2c(cc1Cl)COCO2. The molecule has 0 amide bonds. The average Bonchev–Trinajstić information content (AvgIpc) is 2.26. The predicted molar refractivity (Wildman–Crippen MR) is 53.6 cm³/mol. The Hall–Kier alpha value is -1.35. The van der Waals surface area contributed by atoms with Crippen molar-refractivity contribution in [2.45, 2.75) is 13.2 Å². The molecule has 0 unspecified atom stereocenters. The fourth-order valence-corrected chi connectivity index (χ4v) is 1.63. The van der Waals surface area contributed by atoms with E-state index in [1.165, 1.54) is 6.08 Å². The molecular formula is C10H8ClNO3. The Morgan fingerprint density at radius 3 is 3.20 bits per heavy atom. The first-order valence-corrected chi connectivity index (χ1v) is 4.74. The fourth-order valence-electron chi connectivity index (χ4n) is 1.38. The second kappa shape index (κ2) is 4.45. The van der Waals surface area contributed by atoms with Crippen LogP contribution in [0.4, 0.5) is 0 Å². The van der Waals surface area contributed by atoms with Gasteiger partial charge in [-0.15, -0.1) is 0 Å². The monoisotopic (exact) mass is 225 g/mol. The standard InChI is InChI=1S/C10H8ClNO3/c11-9-1-8-4-14-6-15-10(8)2-7(9)3-12-5-13/h1-2H,3-4,6H2. The third-order valence-corrected chi connectivity index (χ3v) is 2.45. The van der Waals surface area contributed by atoms with E-state index in [2.05, 4.69) is 4.99 Å². The summed E-state index contributed by atoms with van der Waals surface area (Å²) < 4.78 is 10.4. The van der Waals surface area contributed by atoms with Gasteiger partial charge in [-0.25, -0.2) is 9.79 Å². The third-order valence-electron chi connectivity index (χ3n) is 2.10. The molecule has 0 atom stereocenters. The summed E-state index contributed by atoms with van der Waals surface area (Å²) in [5.74, 6) is 0.738. The molecule has 0 spiro atoms. The fraction of sp³-hybridized carbons (Fsp3) is 0.300. The number of halogens is 1. The quantitative estimate of drug-likeness (QED) is 0.572. The zero-order valence-electron chi connectivity index (χ0n) is 7.83. The number of ether oxygens (including phenoxy) is 2. The summed E-state index contributed by atoms with van der Waals surface area (Å²) in [5, 5.41) is 0.557. The zero-order valence-corrected chi connectivity index (χ0v) is 8.58. The van der Waals surface area contributed by atoms with Crippen LogP contribution in [0.1, 0.15) is 11.1 Å². The molecule has 1 aliphatic heterocycles. The van der Waals surface area contributed by atoms with Crippen molar-refractivity contribution >= 4 is 17.7 Å². The maximum absolute atomic E-state index is 9.99. The number of isocyanates is 1. The lowest BCUT2D eigenvalue weighted by Gasteiger charge is -2.18. The molecule has 4 nitrogen and oxygen atoms in total. The average molecular weight is 226 g/mol. The van der Waals surface area contributed by atoms with Crippen LogP contribution in [-0.2, 0) is 22.7 Å². The van der Waals surface area contributed by atoms with Gasteiger partial charge in [-0.2, -0.15) is 0 Å². The van der Waals surface area contributed by atoms with Gasteiger partial charge in [-0.05, 0) is 17.7 Å². The molecule has 0 bridgehead atoms. The lowest BCUT2D eigenvalue weighted by atomic mass is 10.1. The van der Waals surface area contributed by atoms with E-state index in [-0.39, 0.29) is 13.3 Å². The van der Waals surface area contributed by atoms with Crippen LogP contribution in [0.15, 0.2) is 17.1 Å². The van der Waals surface area contributed by atoms with Crippen LogP contribution in [0.3, 0.4) is 0 Å². The molecule has 1 heterocycles. The van der Waals surface area contributed by atoms with Crippen molar-refractivity contribution < 1.29 is 14.3 Å². The summed E-state index contributed by atoms with van der Waals surface area (Å²) in [7, 11) is 0. The van der Waals surface area contributed by atoms with Gasteiger partial charge in [0.15, 0.2) is 6.79 Å². The Morgan fingerprint density at radius 2 is 2.40 bits per heavy atom. The number of aliphatic imine (C=N–C) groups is 1. The van der Waals surface area contributed by atoms with Crippen LogP contribution in [-0.4, -0.2) is 12.9 Å². The first kappa shape index (κ1) is 10.2. The van der Waals surface area contributed by atoms with E-state index in [4.69, 9.17) is 21.1 Å². The van der Waals surface area contributed by atoms with Gasteiger partial charge in [0, 0.05) is 10.6 Å². The zero-order chi connectivity index (χ0) is 10.7. The van der Waals surface area contributed by atoms with Crippen LogP contribution in [0.25, 0.3) is 0 Å². The number of benzene rings is 1. The molecular weight excluding hydrogens is 218 g/mol. The van der Waals surface area contributed by atoms with Crippen molar-refractivity contribution in [2.24, 2.45) is 4.99 Å². The Morgan fingerprint density at radius 1 is 1.53 bits per heavy atom. The largest absolute Gasteiger partial charge is 0.467 e. The molecule has 0 saturated carbocycles. The van der Waals surface area contributed by atoms with Gasteiger partial charge in [0.05, 0.1) is 13.2 Å². The molecule has 0 N–H and O–H groups in total. The minimum Gasteiger partial charge on any atom is -0.467 e. The number of hydrogen-bond acceptors (Lipinski definition) is 4. The van der Waals surface area contributed by atoms with Crippen LogP contribution in [0.5, 0.6) is 5.75 Å². The van der Waals surface area contributed by atoms with E-state index in [1.807, 2.05) is 0 Å². The first-order chi connectivity index (χ1) is 7.31. The summed E-state index contributed by atoms with van der Waals surface area (Å²) >= 11 is 6.00. The molecule has 0 saturated heterocycles. The highest BCUT2D eigenvalue weighted by atomic mass is 35.5. The van der Waals surface area contributed by atoms with Crippen molar-refractivity contribution in [2.75, 3.05) is 6.79 Å². The van der Waals surface area contributed by atoms with Gasteiger partial charge in [0.1, 0.15) is 5.75 Å². The van der Waals surface area contributed by atoms with Gasteiger partial charge in [-0.1, -0.05) is 11.6 Å². The molecule has 0 aromatic heterocycles. The van der Waals surface area contributed by atoms with Gasteiger partial charge in [0.2, 0.25) is 6.08 Å². The predicted octanol–water partition coefficient (Wildman–Crippen LogP) is 2.04. The first-order valence-electron chi connectivity index (χ1n) is 4.36. The lowest BCUT2D eigenvalue weighted by molar-refractivity contribution is -0.0164. The van der Waals surface area contributed by atoms with E-state index in [0.29, 0.717) is 11.6 Å². The van der Waals surface area contributed by atoms with E-state index < -0.39 is 0 Å². The Balaban J connectivity index is 2.35. The van der Waals surface area contributed by atoms with E-state index in [1.54, 1.807) is 12.1 Å². The van der Waals surface area contributed by atoms with Gasteiger partial charge in [-0.3, -0.25) is 0 Å². The lowest BCUT2D eigenvalue weighted by Crippen LogP contribution is -2.11. The second-order valence-corrected chi connectivity index (χ2v) is 3.48. The molecule has 0 radical (unpaired) electrons. The maximum atomic E-state index is 9.99. The van der Waals surface area contributed by atoms with E-state index >= 15 is 0 Å². The van der Waals surface area contributed by atoms with Gasteiger partial charge >= 0.3 is 0 Å². The van der Waals surface area contributed by atoms with Crippen LogP contribution >= 0.6 is 11.6 Å².